The molecule has 2 aromatic carbocycles. The molecule has 2 amide bonds. The molecule has 0 bridgehead atoms. The average Bonchev–Trinajstić information content (AvgIpc) is 2.73. The maximum absolute atomic E-state index is 12.2. The number of carbonyl (C=O) groups is 3. The molecule has 0 aliphatic rings. The normalized spacial score (nSPS) is 11.2. The van der Waals surface area contributed by atoms with E-state index in [9.17, 15) is 14.4 Å². The molecule has 0 saturated heterocycles. The van der Waals surface area contributed by atoms with Crippen LogP contribution in [0, 0.1) is 0 Å². The molecule has 2 rings (SSSR count). The van der Waals surface area contributed by atoms with Crippen molar-refractivity contribution in [1.29, 1.82) is 0 Å². The Labute approximate surface area is 164 Å². The van der Waals surface area contributed by atoms with Gasteiger partial charge in [0.05, 0.1) is 14.2 Å². The van der Waals surface area contributed by atoms with Gasteiger partial charge < -0.3 is 20.1 Å². The van der Waals surface area contributed by atoms with Crippen LogP contribution in [-0.2, 0) is 20.7 Å². The minimum absolute atomic E-state index is 0.0397. The van der Waals surface area contributed by atoms with Crippen molar-refractivity contribution in [3.63, 3.8) is 0 Å². The van der Waals surface area contributed by atoms with E-state index in [0.29, 0.717) is 17.7 Å². The summed E-state index contributed by atoms with van der Waals surface area (Å²) < 4.78 is 9.86. The van der Waals surface area contributed by atoms with Crippen molar-refractivity contribution < 1.29 is 23.9 Å². The fourth-order valence-corrected chi connectivity index (χ4v) is 2.61. The molecule has 0 unspecified atom stereocenters. The van der Waals surface area contributed by atoms with E-state index in [-0.39, 0.29) is 24.8 Å². The predicted octanol–water partition coefficient (Wildman–Crippen LogP) is 1.72. The standard InChI is InChI=1S/C21H24N2O5/c1-27-17-10-6-9-16(14-17)20(25)22-12-11-19(24)23-18(21(26)28-2)13-15-7-4-3-5-8-15/h3-10,14,18H,11-13H2,1-2H3,(H,22,25)(H,23,24)/t18-/m1/s1. The minimum atomic E-state index is -0.783. The highest BCUT2D eigenvalue weighted by Crippen LogP contribution is 2.12. The van der Waals surface area contributed by atoms with Gasteiger partial charge >= 0.3 is 5.97 Å². The van der Waals surface area contributed by atoms with Crippen molar-refractivity contribution >= 4 is 17.8 Å². The number of benzene rings is 2. The molecule has 148 valence electrons. The number of esters is 1. The van der Waals surface area contributed by atoms with Gasteiger partial charge in [0.2, 0.25) is 5.91 Å². The highest BCUT2D eigenvalue weighted by Gasteiger charge is 2.21. The van der Waals surface area contributed by atoms with Crippen molar-refractivity contribution in [2.45, 2.75) is 18.9 Å². The van der Waals surface area contributed by atoms with E-state index in [0.717, 1.165) is 5.56 Å². The Hall–Kier alpha value is -3.35. The molecule has 28 heavy (non-hydrogen) atoms. The number of amides is 2. The number of hydrogen-bond acceptors (Lipinski definition) is 5. The van der Waals surface area contributed by atoms with Gasteiger partial charge in [0, 0.05) is 24.9 Å². The summed E-state index contributed by atoms with van der Waals surface area (Å²) in [4.78, 5) is 36.3. The van der Waals surface area contributed by atoms with Gasteiger partial charge in [0.25, 0.3) is 5.91 Å². The first-order valence-electron chi connectivity index (χ1n) is 8.87. The second-order valence-electron chi connectivity index (χ2n) is 6.07. The fraction of sp³-hybridized carbons (Fsp3) is 0.286. The van der Waals surface area contributed by atoms with E-state index in [2.05, 4.69) is 10.6 Å². The zero-order valence-electron chi connectivity index (χ0n) is 15.9. The van der Waals surface area contributed by atoms with Crippen LogP contribution in [0.25, 0.3) is 0 Å². The Morgan fingerprint density at radius 2 is 1.75 bits per heavy atom. The van der Waals surface area contributed by atoms with Crippen LogP contribution < -0.4 is 15.4 Å². The second-order valence-corrected chi connectivity index (χ2v) is 6.07. The monoisotopic (exact) mass is 384 g/mol. The molecule has 0 heterocycles. The number of methoxy groups -OCH3 is 2. The second kappa shape index (κ2) is 10.7. The quantitative estimate of drug-likeness (QED) is 0.642. The zero-order chi connectivity index (χ0) is 20.4. The molecule has 7 nitrogen and oxygen atoms in total. The fourth-order valence-electron chi connectivity index (χ4n) is 2.61. The predicted molar refractivity (Wildman–Crippen MR) is 104 cm³/mol. The van der Waals surface area contributed by atoms with Crippen molar-refractivity contribution in [3.8, 4) is 5.75 Å². The number of hydrogen-bond donors (Lipinski definition) is 2. The Kier molecular flexibility index (Phi) is 8.02. The average molecular weight is 384 g/mol. The number of nitrogens with one attached hydrogen (secondary N) is 2. The van der Waals surface area contributed by atoms with Crippen LogP contribution in [0.3, 0.4) is 0 Å². The summed E-state index contributed by atoms with van der Waals surface area (Å²) in [7, 11) is 2.80. The minimum Gasteiger partial charge on any atom is -0.497 e. The molecule has 0 radical (unpaired) electrons. The molecule has 0 saturated carbocycles. The Bertz CT molecular complexity index is 807. The summed E-state index contributed by atoms with van der Waals surface area (Å²) in [5.74, 6) is -0.595. The van der Waals surface area contributed by atoms with Gasteiger partial charge in [-0.25, -0.2) is 4.79 Å². The van der Waals surface area contributed by atoms with Crippen molar-refractivity contribution in [2.24, 2.45) is 0 Å². The number of ether oxygens (including phenoxy) is 2. The van der Waals surface area contributed by atoms with Crippen LogP contribution in [0.2, 0.25) is 0 Å². The van der Waals surface area contributed by atoms with Crippen LogP contribution >= 0.6 is 0 Å². The SMILES string of the molecule is COC(=O)[C@@H](Cc1ccccc1)NC(=O)CCNC(=O)c1cccc(OC)c1. The summed E-state index contributed by atoms with van der Waals surface area (Å²) in [5, 5.41) is 5.34. The van der Waals surface area contributed by atoms with E-state index in [1.807, 2.05) is 30.3 Å². The lowest BCUT2D eigenvalue weighted by Gasteiger charge is -2.16. The van der Waals surface area contributed by atoms with E-state index < -0.39 is 12.0 Å². The Morgan fingerprint density at radius 1 is 1.00 bits per heavy atom. The lowest BCUT2D eigenvalue weighted by atomic mass is 10.1. The molecule has 1 atom stereocenters. The van der Waals surface area contributed by atoms with Crippen LogP contribution in [0.15, 0.2) is 54.6 Å². The van der Waals surface area contributed by atoms with Crippen molar-refractivity contribution in [1.82, 2.24) is 10.6 Å². The van der Waals surface area contributed by atoms with Gasteiger partial charge in [-0.2, -0.15) is 0 Å². The number of rotatable bonds is 9. The molecule has 2 aromatic rings. The summed E-state index contributed by atoms with van der Waals surface area (Å²) >= 11 is 0. The number of carbonyl (C=O) groups excluding carboxylic acids is 3. The third-order valence-electron chi connectivity index (χ3n) is 4.07. The molecule has 0 aliphatic carbocycles. The lowest BCUT2D eigenvalue weighted by molar-refractivity contribution is -0.145. The summed E-state index contributed by atoms with van der Waals surface area (Å²) in [5.41, 5.74) is 1.35. The molecule has 0 aliphatic heterocycles. The molecular formula is C21H24N2O5. The largest absolute Gasteiger partial charge is 0.497 e. The molecule has 0 fully saturated rings. The van der Waals surface area contributed by atoms with Crippen LogP contribution in [0.1, 0.15) is 22.3 Å². The molecule has 0 spiro atoms. The molecule has 7 heteroatoms. The maximum atomic E-state index is 12.2. The van der Waals surface area contributed by atoms with E-state index in [1.165, 1.54) is 14.2 Å². The van der Waals surface area contributed by atoms with E-state index in [4.69, 9.17) is 9.47 Å². The van der Waals surface area contributed by atoms with Crippen molar-refractivity contribution in [2.75, 3.05) is 20.8 Å². The maximum Gasteiger partial charge on any atom is 0.328 e. The Morgan fingerprint density at radius 3 is 2.43 bits per heavy atom. The highest BCUT2D eigenvalue weighted by atomic mass is 16.5. The highest BCUT2D eigenvalue weighted by molar-refractivity contribution is 5.94. The van der Waals surface area contributed by atoms with Gasteiger partial charge in [0.1, 0.15) is 11.8 Å². The van der Waals surface area contributed by atoms with Crippen LogP contribution in [0.4, 0.5) is 0 Å². The lowest BCUT2D eigenvalue weighted by Crippen LogP contribution is -2.44. The van der Waals surface area contributed by atoms with Gasteiger partial charge in [-0.3, -0.25) is 9.59 Å². The Balaban J connectivity index is 1.85. The third kappa shape index (κ3) is 6.42. The van der Waals surface area contributed by atoms with Gasteiger partial charge in [-0.1, -0.05) is 36.4 Å². The van der Waals surface area contributed by atoms with Crippen molar-refractivity contribution in [3.05, 3.63) is 65.7 Å². The van der Waals surface area contributed by atoms with Gasteiger partial charge in [-0.15, -0.1) is 0 Å². The van der Waals surface area contributed by atoms with E-state index >= 15 is 0 Å². The molecule has 2 N–H and O–H groups in total. The topological polar surface area (TPSA) is 93.7 Å². The summed E-state index contributed by atoms with van der Waals surface area (Å²) in [6.07, 6.45) is 0.368. The van der Waals surface area contributed by atoms with Gasteiger partial charge in [0.15, 0.2) is 0 Å². The summed E-state index contributed by atoms with van der Waals surface area (Å²) in [6.45, 7) is 0.140. The smallest absolute Gasteiger partial charge is 0.328 e. The zero-order valence-corrected chi connectivity index (χ0v) is 15.9. The first-order valence-corrected chi connectivity index (χ1v) is 8.87. The molecular weight excluding hydrogens is 360 g/mol. The van der Waals surface area contributed by atoms with Crippen LogP contribution in [-0.4, -0.2) is 44.6 Å². The molecule has 0 aromatic heterocycles. The van der Waals surface area contributed by atoms with Crippen LogP contribution in [0.5, 0.6) is 5.75 Å². The first-order chi connectivity index (χ1) is 13.5. The van der Waals surface area contributed by atoms with E-state index in [1.54, 1.807) is 24.3 Å². The van der Waals surface area contributed by atoms with Gasteiger partial charge in [-0.05, 0) is 23.8 Å². The summed E-state index contributed by atoms with van der Waals surface area (Å²) in [6, 6.07) is 15.3. The third-order valence-corrected chi connectivity index (χ3v) is 4.07. The first kappa shape index (κ1) is 21.0.